The van der Waals surface area contributed by atoms with Crippen molar-refractivity contribution in [2.75, 3.05) is 33.2 Å². The molecule has 0 aromatic rings. The lowest BCUT2D eigenvalue weighted by molar-refractivity contribution is -0.940. The van der Waals surface area contributed by atoms with Crippen LogP contribution in [0.4, 0.5) is 0 Å². The Morgan fingerprint density at radius 1 is 0.861 bits per heavy atom. The highest BCUT2D eigenvalue weighted by Crippen LogP contribution is 2.67. The van der Waals surface area contributed by atoms with E-state index in [1.54, 1.807) is 6.92 Å². The zero-order valence-corrected chi connectivity index (χ0v) is 24.0. The van der Waals surface area contributed by atoms with E-state index in [9.17, 15) is 4.79 Å². The molecule has 0 spiro atoms. The molecule has 36 heavy (non-hydrogen) atoms. The molecule has 0 radical (unpaired) electrons. The quantitative estimate of drug-likeness (QED) is 0.331. The molecule has 3 unspecified atom stereocenters. The van der Waals surface area contributed by atoms with Gasteiger partial charge in [-0.1, -0.05) is 20.3 Å². The number of ether oxygens (including phenoxy) is 1. The van der Waals surface area contributed by atoms with Crippen LogP contribution in [0.1, 0.15) is 111 Å². The van der Waals surface area contributed by atoms with Gasteiger partial charge < -0.3 is 14.1 Å². The third-order valence-corrected chi connectivity index (χ3v) is 13.4. The molecule has 4 aliphatic carbocycles. The summed E-state index contributed by atoms with van der Waals surface area (Å²) in [6, 6.07) is 1.34. The number of hydrogen-bond donors (Lipinski definition) is 0. The minimum Gasteiger partial charge on any atom is -0.456 e. The van der Waals surface area contributed by atoms with Gasteiger partial charge in [-0.2, -0.15) is 0 Å². The van der Waals surface area contributed by atoms with Crippen LogP contribution < -0.4 is 0 Å². The minimum absolute atomic E-state index is 0.0510. The van der Waals surface area contributed by atoms with Crippen LogP contribution in [0, 0.1) is 34.5 Å². The molecule has 0 aromatic carbocycles. The van der Waals surface area contributed by atoms with Crippen molar-refractivity contribution in [1.82, 2.24) is 4.90 Å². The molecule has 6 rings (SSSR count). The molecule has 0 amide bonds. The van der Waals surface area contributed by atoms with E-state index in [2.05, 4.69) is 25.8 Å². The number of piperidine rings is 2. The summed E-state index contributed by atoms with van der Waals surface area (Å²) >= 11 is 0. The Labute approximate surface area is 221 Å². The first kappa shape index (κ1) is 25.7. The van der Waals surface area contributed by atoms with E-state index in [0.717, 1.165) is 34.2 Å². The molecule has 4 saturated carbocycles. The predicted molar refractivity (Wildman–Crippen MR) is 145 cm³/mol. The number of likely N-dealkylation sites (N-methyl/N-ethyl adjacent to an activating group) is 1. The van der Waals surface area contributed by atoms with Crippen LogP contribution in [0.5, 0.6) is 0 Å². The monoisotopic (exact) mass is 499 g/mol. The van der Waals surface area contributed by atoms with E-state index < -0.39 is 0 Å². The van der Waals surface area contributed by atoms with Crippen molar-refractivity contribution >= 4 is 5.97 Å². The lowest BCUT2D eigenvalue weighted by Gasteiger charge is -2.61. The van der Waals surface area contributed by atoms with E-state index in [1.165, 1.54) is 116 Å². The highest BCUT2D eigenvalue weighted by molar-refractivity contribution is 5.66. The molecule has 204 valence electrons. The molecular weight excluding hydrogens is 444 g/mol. The molecular formula is C32H55N2O2+. The highest BCUT2D eigenvalue weighted by atomic mass is 16.5. The normalized spacial score (nSPS) is 48.9. The van der Waals surface area contributed by atoms with E-state index in [-0.39, 0.29) is 17.5 Å². The van der Waals surface area contributed by atoms with Crippen molar-refractivity contribution in [1.29, 1.82) is 0 Å². The maximum Gasteiger partial charge on any atom is 0.303 e. The summed E-state index contributed by atoms with van der Waals surface area (Å²) in [5.41, 5.74) is 0.684. The van der Waals surface area contributed by atoms with Gasteiger partial charge >= 0.3 is 5.97 Å². The number of rotatable bonds is 3. The Balaban J connectivity index is 1.27. The lowest BCUT2D eigenvalue weighted by Crippen LogP contribution is -2.60. The van der Waals surface area contributed by atoms with Gasteiger partial charge in [-0.15, -0.1) is 0 Å². The van der Waals surface area contributed by atoms with Crippen LogP contribution in [-0.2, 0) is 9.53 Å². The number of carbonyl (C=O) groups excluding carboxylic acids is 1. The fourth-order valence-electron chi connectivity index (χ4n) is 11.4. The summed E-state index contributed by atoms with van der Waals surface area (Å²) in [5.74, 6) is 3.34. The second-order valence-electron chi connectivity index (χ2n) is 15.1. The van der Waals surface area contributed by atoms with Crippen molar-refractivity contribution in [2.45, 2.75) is 129 Å². The first-order chi connectivity index (χ1) is 17.2. The topological polar surface area (TPSA) is 29.5 Å². The average molecular weight is 500 g/mol. The van der Waals surface area contributed by atoms with Crippen LogP contribution >= 0.6 is 0 Å². The predicted octanol–water partition coefficient (Wildman–Crippen LogP) is 6.42. The van der Waals surface area contributed by atoms with Gasteiger partial charge in [-0.05, 0) is 119 Å². The minimum atomic E-state index is -0.0510. The Morgan fingerprint density at radius 3 is 2.28 bits per heavy atom. The molecule has 4 nitrogen and oxygen atoms in total. The smallest absolute Gasteiger partial charge is 0.303 e. The van der Waals surface area contributed by atoms with Crippen molar-refractivity contribution in [3.8, 4) is 0 Å². The molecule has 6 aliphatic rings. The second-order valence-corrected chi connectivity index (χ2v) is 15.1. The van der Waals surface area contributed by atoms with Gasteiger partial charge in [0.15, 0.2) is 6.10 Å². The Hall–Kier alpha value is -0.610. The lowest BCUT2D eigenvalue weighted by atomic mass is 9.45. The Morgan fingerprint density at radius 2 is 1.56 bits per heavy atom. The van der Waals surface area contributed by atoms with E-state index in [0.29, 0.717) is 11.5 Å². The van der Waals surface area contributed by atoms with Crippen molar-refractivity contribution in [3.05, 3.63) is 0 Å². The summed E-state index contributed by atoms with van der Waals surface area (Å²) in [6.07, 6.45) is 19.6. The van der Waals surface area contributed by atoms with Crippen molar-refractivity contribution in [3.63, 3.8) is 0 Å². The molecule has 2 aliphatic heterocycles. The van der Waals surface area contributed by atoms with Gasteiger partial charge in [0.1, 0.15) is 6.04 Å². The summed E-state index contributed by atoms with van der Waals surface area (Å²) in [7, 11) is 2.50. The summed E-state index contributed by atoms with van der Waals surface area (Å²) < 4.78 is 7.51. The molecule has 9 atom stereocenters. The SMILES string of the molecule is CC(=O)O[C@H]1[C@@H]([N+]2(C)CCCCC2)CC2C3CC[C@H]4CC[C@@H](N5CCCCC5)C[C@]4(C)C3CC[C@@]21C. The second kappa shape index (κ2) is 9.54. The maximum absolute atomic E-state index is 12.4. The maximum atomic E-state index is 12.4. The number of carbonyl (C=O) groups is 1. The number of esters is 1. The standard InChI is InChI=1S/C32H55N2O2/c1-23(35)36-30-29(34(4)19-9-6-10-20-34)21-28-26-14-12-24-11-13-25(33-17-7-5-8-18-33)22-32(24,3)27(26)15-16-31(28,30)2/h24-30H,5-22H2,1-4H3/q+1/t24-,25-,26?,27?,28?,29+,30+,31+,32+/m1/s1. The summed E-state index contributed by atoms with van der Waals surface area (Å²) in [6.45, 7) is 12.2. The molecule has 0 aromatic heterocycles. The zero-order chi connectivity index (χ0) is 25.1. The number of hydrogen-bond acceptors (Lipinski definition) is 3. The van der Waals surface area contributed by atoms with Gasteiger partial charge in [0.05, 0.1) is 20.1 Å². The van der Waals surface area contributed by atoms with Crippen molar-refractivity contribution in [2.24, 2.45) is 34.5 Å². The van der Waals surface area contributed by atoms with Crippen LogP contribution in [0.3, 0.4) is 0 Å². The third-order valence-electron chi connectivity index (χ3n) is 13.4. The molecule has 0 N–H and O–H groups in total. The Bertz CT molecular complexity index is 817. The molecule has 2 heterocycles. The molecule has 2 saturated heterocycles. The zero-order valence-electron chi connectivity index (χ0n) is 24.0. The molecule has 4 heteroatoms. The van der Waals surface area contributed by atoms with Crippen LogP contribution in [0.15, 0.2) is 0 Å². The third kappa shape index (κ3) is 4.10. The first-order valence-electron chi connectivity index (χ1n) is 16.0. The Kier molecular flexibility index (Phi) is 6.80. The van der Waals surface area contributed by atoms with Crippen LogP contribution in [0.2, 0.25) is 0 Å². The van der Waals surface area contributed by atoms with Gasteiger partial charge in [0.25, 0.3) is 0 Å². The fraction of sp³-hybridized carbons (Fsp3) is 0.969. The van der Waals surface area contributed by atoms with Gasteiger partial charge in [0.2, 0.25) is 0 Å². The van der Waals surface area contributed by atoms with E-state index in [4.69, 9.17) is 4.74 Å². The average Bonchev–Trinajstić information content (AvgIpc) is 3.17. The van der Waals surface area contributed by atoms with Crippen molar-refractivity contribution < 1.29 is 14.0 Å². The van der Waals surface area contributed by atoms with Gasteiger partial charge in [-0.25, -0.2) is 0 Å². The van der Waals surface area contributed by atoms with Crippen LogP contribution in [-0.4, -0.2) is 66.8 Å². The largest absolute Gasteiger partial charge is 0.456 e. The van der Waals surface area contributed by atoms with E-state index >= 15 is 0 Å². The van der Waals surface area contributed by atoms with Crippen LogP contribution in [0.25, 0.3) is 0 Å². The fourth-order valence-corrected chi connectivity index (χ4v) is 11.4. The molecule has 0 bridgehead atoms. The first-order valence-corrected chi connectivity index (χ1v) is 16.0. The summed E-state index contributed by atoms with van der Waals surface area (Å²) in [5, 5.41) is 0. The number of nitrogens with zero attached hydrogens (tertiary/aromatic N) is 2. The number of quaternary nitrogens is 1. The summed E-state index contributed by atoms with van der Waals surface area (Å²) in [4.78, 5) is 15.3. The highest BCUT2D eigenvalue weighted by Gasteiger charge is 2.66. The number of likely N-dealkylation sites (tertiary alicyclic amines) is 2. The van der Waals surface area contributed by atoms with Gasteiger partial charge in [-0.3, -0.25) is 4.79 Å². The van der Waals surface area contributed by atoms with E-state index in [1.807, 2.05) is 0 Å². The van der Waals surface area contributed by atoms with Gasteiger partial charge in [0, 0.05) is 24.8 Å². The number of fused-ring (bicyclic) bond motifs is 5. The molecule has 6 fully saturated rings.